The molecule has 0 aliphatic carbocycles. The number of piperazine rings is 1. The molecule has 2 amide bonds. The van der Waals surface area contributed by atoms with Crippen molar-refractivity contribution in [2.45, 2.75) is 25.5 Å². The van der Waals surface area contributed by atoms with Crippen molar-refractivity contribution in [3.05, 3.63) is 12.4 Å². The number of carbonyl (C=O) groups is 2. The summed E-state index contributed by atoms with van der Waals surface area (Å²) in [6.07, 6.45) is 1.13. The van der Waals surface area contributed by atoms with Gasteiger partial charge in [-0.1, -0.05) is 0 Å². The highest BCUT2D eigenvalue weighted by Gasteiger charge is 2.40. The number of likely N-dealkylation sites (tertiary alicyclic amines) is 1. The highest BCUT2D eigenvalue weighted by atomic mass is 16.5. The molecular formula is C16H23N5O4. The Kier molecular flexibility index (Phi) is 5.03. The lowest BCUT2D eigenvalue weighted by Crippen LogP contribution is -2.54. The molecule has 0 saturated carbocycles. The fourth-order valence-corrected chi connectivity index (χ4v) is 3.38. The Bertz CT molecular complexity index is 647. The lowest BCUT2D eigenvalue weighted by molar-refractivity contribution is -0.143. The van der Waals surface area contributed by atoms with E-state index in [9.17, 15) is 14.7 Å². The first-order valence-corrected chi connectivity index (χ1v) is 8.34. The minimum Gasteiger partial charge on any atom is -0.481 e. The van der Waals surface area contributed by atoms with Crippen LogP contribution in [0.2, 0.25) is 0 Å². The average Bonchev–Trinajstić information content (AvgIpc) is 3.03. The second-order valence-corrected chi connectivity index (χ2v) is 6.31. The maximum atomic E-state index is 12.8. The van der Waals surface area contributed by atoms with E-state index in [1.807, 2.05) is 0 Å². The van der Waals surface area contributed by atoms with Crippen LogP contribution in [0.3, 0.4) is 0 Å². The van der Waals surface area contributed by atoms with Crippen molar-refractivity contribution in [3.63, 3.8) is 0 Å². The molecule has 9 heteroatoms. The summed E-state index contributed by atoms with van der Waals surface area (Å²) in [5, 5.41) is 9.81. The summed E-state index contributed by atoms with van der Waals surface area (Å²) in [5.41, 5.74) is 0. The monoisotopic (exact) mass is 349 g/mol. The van der Waals surface area contributed by atoms with Gasteiger partial charge < -0.3 is 24.5 Å². The summed E-state index contributed by atoms with van der Waals surface area (Å²) in [6, 6.07) is 1.21. The van der Waals surface area contributed by atoms with Gasteiger partial charge in [-0.25, -0.2) is 9.97 Å². The highest BCUT2D eigenvalue weighted by Crippen LogP contribution is 2.22. The van der Waals surface area contributed by atoms with Crippen molar-refractivity contribution in [2.75, 3.05) is 44.7 Å². The normalized spacial score (nSPS) is 23.7. The standard InChI is InChI=1S/C16H23N5O4/c1-11(22)21-9-12(23)7-13(21)16(24)20-5-3-19(4-6-20)14-8-15(25-2)18-10-17-14/h8,10,12-13,23H,3-7,9H2,1-2H3/t12-,13-/m1/s1. The van der Waals surface area contributed by atoms with E-state index < -0.39 is 12.1 Å². The van der Waals surface area contributed by atoms with Crippen molar-refractivity contribution in [2.24, 2.45) is 0 Å². The zero-order valence-corrected chi connectivity index (χ0v) is 14.5. The molecule has 3 heterocycles. The number of amides is 2. The number of aliphatic hydroxyl groups excluding tert-OH is 1. The van der Waals surface area contributed by atoms with E-state index in [1.54, 1.807) is 18.1 Å². The van der Waals surface area contributed by atoms with Gasteiger partial charge in [-0.2, -0.15) is 0 Å². The third kappa shape index (κ3) is 3.65. The molecule has 2 aliphatic heterocycles. The Balaban J connectivity index is 1.61. The van der Waals surface area contributed by atoms with Crippen LogP contribution in [0.15, 0.2) is 12.4 Å². The molecule has 1 aromatic rings. The Morgan fingerprint density at radius 3 is 2.60 bits per heavy atom. The molecule has 0 radical (unpaired) electrons. The summed E-state index contributed by atoms with van der Waals surface area (Å²) in [6.45, 7) is 4.03. The average molecular weight is 349 g/mol. The summed E-state index contributed by atoms with van der Waals surface area (Å²) in [7, 11) is 1.56. The van der Waals surface area contributed by atoms with Crippen LogP contribution in [0.1, 0.15) is 13.3 Å². The number of methoxy groups -OCH3 is 1. The van der Waals surface area contributed by atoms with Gasteiger partial charge in [-0.3, -0.25) is 9.59 Å². The Morgan fingerprint density at radius 2 is 1.96 bits per heavy atom. The zero-order chi connectivity index (χ0) is 18.0. The van der Waals surface area contributed by atoms with Crippen molar-refractivity contribution < 1.29 is 19.4 Å². The second kappa shape index (κ2) is 7.22. The topological polar surface area (TPSA) is 99.1 Å². The van der Waals surface area contributed by atoms with Crippen molar-refractivity contribution in [1.29, 1.82) is 0 Å². The van der Waals surface area contributed by atoms with E-state index in [0.717, 1.165) is 5.82 Å². The third-order valence-electron chi connectivity index (χ3n) is 4.72. The first-order chi connectivity index (χ1) is 12.0. The summed E-state index contributed by atoms with van der Waals surface area (Å²) in [4.78, 5) is 38.0. The van der Waals surface area contributed by atoms with E-state index in [1.165, 1.54) is 18.2 Å². The first kappa shape index (κ1) is 17.4. The Morgan fingerprint density at radius 1 is 1.24 bits per heavy atom. The number of aliphatic hydroxyl groups is 1. The lowest BCUT2D eigenvalue weighted by Gasteiger charge is -2.37. The van der Waals surface area contributed by atoms with Gasteiger partial charge in [0.25, 0.3) is 0 Å². The molecule has 136 valence electrons. The van der Waals surface area contributed by atoms with E-state index in [-0.39, 0.29) is 18.4 Å². The largest absolute Gasteiger partial charge is 0.481 e. The number of carbonyl (C=O) groups excluding carboxylic acids is 2. The second-order valence-electron chi connectivity index (χ2n) is 6.31. The molecule has 0 unspecified atom stereocenters. The van der Waals surface area contributed by atoms with Crippen LogP contribution in [0.5, 0.6) is 5.88 Å². The van der Waals surface area contributed by atoms with Crippen LogP contribution >= 0.6 is 0 Å². The van der Waals surface area contributed by atoms with E-state index in [0.29, 0.717) is 38.5 Å². The molecule has 0 bridgehead atoms. The SMILES string of the molecule is COc1cc(N2CCN(C(=O)[C@H]3C[C@@H](O)CN3C(C)=O)CC2)ncn1. The minimum atomic E-state index is -0.632. The van der Waals surface area contributed by atoms with Gasteiger partial charge in [0, 0.05) is 52.1 Å². The lowest BCUT2D eigenvalue weighted by atomic mass is 10.1. The minimum absolute atomic E-state index is 0.0910. The fourth-order valence-electron chi connectivity index (χ4n) is 3.38. The van der Waals surface area contributed by atoms with Crippen molar-refractivity contribution in [1.82, 2.24) is 19.8 Å². The number of β-amino-alcohol motifs (C(OH)–C–C–N with tert-alkyl or cyclic N) is 1. The Labute approximate surface area is 146 Å². The van der Waals surface area contributed by atoms with E-state index in [2.05, 4.69) is 14.9 Å². The maximum Gasteiger partial charge on any atom is 0.245 e. The van der Waals surface area contributed by atoms with Crippen LogP contribution in [-0.2, 0) is 9.59 Å². The first-order valence-electron chi connectivity index (χ1n) is 8.34. The molecule has 2 atom stereocenters. The van der Waals surface area contributed by atoms with Gasteiger partial charge in [0.15, 0.2) is 0 Å². The van der Waals surface area contributed by atoms with Crippen LogP contribution in [-0.4, -0.2) is 88.7 Å². The molecule has 2 fully saturated rings. The molecule has 1 N–H and O–H groups in total. The smallest absolute Gasteiger partial charge is 0.245 e. The van der Waals surface area contributed by atoms with Gasteiger partial charge in [-0.05, 0) is 0 Å². The number of hydrogen-bond acceptors (Lipinski definition) is 7. The molecule has 0 aromatic carbocycles. The van der Waals surface area contributed by atoms with Crippen LogP contribution < -0.4 is 9.64 Å². The van der Waals surface area contributed by atoms with E-state index >= 15 is 0 Å². The number of ether oxygens (including phenoxy) is 1. The number of aromatic nitrogens is 2. The van der Waals surface area contributed by atoms with Gasteiger partial charge in [0.1, 0.15) is 18.2 Å². The molecule has 9 nitrogen and oxygen atoms in total. The summed E-state index contributed by atoms with van der Waals surface area (Å²) >= 11 is 0. The molecule has 0 spiro atoms. The number of anilines is 1. The van der Waals surface area contributed by atoms with Gasteiger partial charge in [-0.15, -0.1) is 0 Å². The van der Waals surface area contributed by atoms with Crippen LogP contribution in [0.4, 0.5) is 5.82 Å². The van der Waals surface area contributed by atoms with Crippen LogP contribution in [0, 0.1) is 0 Å². The van der Waals surface area contributed by atoms with E-state index in [4.69, 9.17) is 4.74 Å². The molecular weight excluding hydrogens is 326 g/mol. The number of rotatable bonds is 3. The molecule has 2 saturated heterocycles. The number of hydrogen-bond donors (Lipinski definition) is 1. The molecule has 3 rings (SSSR count). The van der Waals surface area contributed by atoms with Crippen LogP contribution in [0.25, 0.3) is 0 Å². The summed E-state index contributed by atoms with van der Waals surface area (Å²) < 4.78 is 5.11. The third-order valence-corrected chi connectivity index (χ3v) is 4.72. The maximum absolute atomic E-state index is 12.8. The van der Waals surface area contributed by atoms with Crippen molar-refractivity contribution in [3.8, 4) is 5.88 Å². The van der Waals surface area contributed by atoms with Crippen molar-refractivity contribution >= 4 is 17.6 Å². The number of nitrogens with zero attached hydrogens (tertiary/aromatic N) is 5. The zero-order valence-electron chi connectivity index (χ0n) is 14.5. The summed E-state index contributed by atoms with van der Waals surface area (Å²) in [5.74, 6) is 0.995. The fraction of sp³-hybridized carbons (Fsp3) is 0.625. The predicted molar refractivity (Wildman–Crippen MR) is 89.2 cm³/mol. The van der Waals surface area contributed by atoms with Gasteiger partial charge in [0.05, 0.1) is 13.2 Å². The van der Waals surface area contributed by atoms with Gasteiger partial charge in [0.2, 0.25) is 17.7 Å². The highest BCUT2D eigenvalue weighted by molar-refractivity contribution is 5.87. The molecule has 2 aliphatic rings. The molecule has 25 heavy (non-hydrogen) atoms. The molecule has 1 aromatic heterocycles. The quantitative estimate of drug-likeness (QED) is 0.756. The predicted octanol–water partition coefficient (Wildman–Crippen LogP) is -0.884. The Hall–Kier alpha value is -2.42. The van der Waals surface area contributed by atoms with Gasteiger partial charge >= 0.3 is 0 Å².